The molecule has 2 heterocycles. The Morgan fingerprint density at radius 1 is 0.971 bits per heavy atom. The van der Waals surface area contributed by atoms with Crippen LogP contribution < -0.4 is 9.64 Å². The maximum atomic E-state index is 13.4. The first-order valence-corrected chi connectivity index (χ1v) is 12.2. The Hall–Kier alpha value is -2.90. The summed E-state index contributed by atoms with van der Waals surface area (Å²) in [4.78, 5) is 35.2. The topological polar surface area (TPSA) is 56.3 Å². The van der Waals surface area contributed by atoms with Gasteiger partial charge in [-0.15, -0.1) is 0 Å². The van der Waals surface area contributed by atoms with Gasteiger partial charge in [-0.2, -0.15) is 0 Å². The fraction of sp³-hybridized carbons (Fsp3) is 0.481. The van der Waals surface area contributed by atoms with Crippen molar-refractivity contribution in [3.63, 3.8) is 0 Å². The van der Waals surface area contributed by atoms with Crippen LogP contribution in [-0.2, 0) is 4.79 Å². The van der Waals surface area contributed by atoms with Gasteiger partial charge in [0.1, 0.15) is 12.3 Å². The third-order valence-electron chi connectivity index (χ3n) is 7.05. The Bertz CT molecular complexity index is 956. The average Bonchev–Trinajstić information content (AvgIpc) is 3.38. The molecule has 182 valence electrons. The molecule has 2 aromatic rings. The number of piperazine rings is 1. The van der Waals surface area contributed by atoms with Crippen molar-refractivity contribution in [3.8, 4) is 5.75 Å². The number of hydrogen-bond acceptors (Lipinski definition) is 5. The second-order valence-electron chi connectivity index (χ2n) is 9.40. The van der Waals surface area contributed by atoms with E-state index in [4.69, 9.17) is 4.74 Å². The summed E-state index contributed by atoms with van der Waals surface area (Å²) in [6.07, 6.45) is 1.20. The maximum Gasteiger partial charge on any atom is 0.258 e. The molecule has 0 spiro atoms. The van der Waals surface area contributed by atoms with Gasteiger partial charge in [0.15, 0.2) is 0 Å². The van der Waals surface area contributed by atoms with Gasteiger partial charge in [-0.3, -0.25) is 24.3 Å². The first-order valence-electron chi connectivity index (χ1n) is 12.2. The number of amides is 2. The first kappa shape index (κ1) is 24.2. The summed E-state index contributed by atoms with van der Waals surface area (Å²) in [5, 5.41) is 0. The van der Waals surface area contributed by atoms with Crippen molar-refractivity contribution >= 4 is 17.5 Å². The van der Waals surface area contributed by atoms with Gasteiger partial charge in [-0.1, -0.05) is 18.2 Å². The predicted octanol–water partition coefficient (Wildman–Crippen LogP) is 2.97. The minimum absolute atomic E-state index is 0.0133. The molecule has 2 aromatic carbocycles. The zero-order valence-corrected chi connectivity index (χ0v) is 20.5. The number of nitrogens with zero attached hydrogens (tertiary/aromatic N) is 4. The highest BCUT2D eigenvalue weighted by molar-refractivity contribution is 6.08. The van der Waals surface area contributed by atoms with Gasteiger partial charge < -0.3 is 9.64 Å². The lowest BCUT2D eigenvalue weighted by Crippen LogP contribution is -2.54. The summed E-state index contributed by atoms with van der Waals surface area (Å²) in [6, 6.07) is 17.6. The van der Waals surface area contributed by atoms with Gasteiger partial charge in [0.2, 0.25) is 5.91 Å². The predicted molar refractivity (Wildman–Crippen MR) is 134 cm³/mol. The van der Waals surface area contributed by atoms with Crippen molar-refractivity contribution in [2.24, 2.45) is 0 Å². The SMILES string of the molecule is COc1ccc(C(=O)N(CC(=O)N2CCN(C3CCN(C(C)C)C3)CC2)c2ccccc2)cc1. The molecule has 2 fully saturated rings. The quantitative estimate of drug-likeness (QED) is 0.631. The van der Waals surface area contributed by atoms with Crippen LogP contribution in [0.3, 0.4) is 0 Å². The van der Waals surface area contributed by atoms with Crippen LogP contribution in [0.2, 0.25) is 0 Å². The Balaban J connectivity index is 1.40. The average molecular weight is 465 g/mol. The van der Waals surface area contributed by atoms with E-state index >= 15 is 0 Å². The van der Waals surface area contributed by atoms with Crippen molar-refractivity contribution in [1.29, 1.82) is 0 Å². The van der Waals surface area contributed by atoms with E-state index in [1.165, 1.54) is 6.42 Å². The number of rotatable bonds is 7. The number of para-hydroxylation sites is 1. The second kappa shape index (κ2) is 11.0. The van der Waals surface area contributed by atoms with Crippen LogP contribution >= 0.6 is 0 Å². The normalized spacial score (nSPS) is 19.4. The molecule has 0 N–H and O–H groups in total. The molecule has 1 unspecified atom stereocenters. The van der Waals surface area contributed by atoms with Gasteiger partial charge in [-0.25, -0.2) is 0 Å². The van der Waals surface area contributed by atoms with Crippen LogP contribution in [0.5, 0.6) is 5.75 Å². The van der Waals surface area contributed by atoms with Crippen LogP contribution in [0.4, 0.5) is 5.69 Å². The Kier molecular flexibility index (Phi) is 7.85. The lowest BCUT2D eigenvalue weighted by Gasteiger charge is -2.39. The molecule has 0 saturated carbocycles. The number of carbonyl (C=O) groups is 2. The summed E-state index contributed by atoms with van der Waals surface area (Å²) < 4.78 is 5.21. The minimum Gasteiger partial charge on any atom is -0.497 e. The van der Waals surface area contributed by atoms with Crippen molar-refractivity contribution in [3.05, 3.63) is 60.2 Å². The molecule has 0 bridgehead atoms. The van der Waals surface area contributed by atoms with Crippen molar-refractivity contribution in [2.75, 3.05) is 57.8 Å². The third-order valence-corrected chi connectivity index (χ3v) is 7.05. The highest BCUT2D eigenvalue weighted by atomic mass is 16.5. The molecule has 2 aliphatic rings. The number of likely N-dealkylation sites (tertiary alicyclic amines) is 1. The number of carbonyl (C=O) groups excluding carboxylic acids is 2. The third kappa shape index (κ3) is 5.59. The molecular weight excluding hydrogens is 428 g/mol. The molecule has 4 rings (SSSR count). The van der Waals surface area contributed by atoms with Gasteiger partial charge in [0.05, 0.1) is 7.11 Å². The monoisotopic (exact) mass is 464 g/mol. The smallest absolute Gasteiger partial charge is 0.258 e. The summed E-state index contributed by atoms with van der Waals surface area (Å²) in [5.41, 5.74) is 1.24. The van der Waals surface area contributed by atoms with E-state index in [0.717, 1.165) is 31.9 Å². The second-order valence-corrected chi connectivity index (χ2v) is 9.40. The molecule has 2 saturated heterocycles. The van der Waals surface area contributed by atoms with Gasteiger partial charge in [-0.05, 0) is 56.7 Å². The lowest BCUT2D eigenvalue weighted by molar-refractivity contribution is -0.131. The molecular formula is C27H36N4O3. The van der Waals surface area contributed by atoms with Crippen LogP contribution in [0.15, 0.2) is 54.6 Å². The summed E-state index contributed by atoms with van der Waals surface area (Å²) >= 11 is 0. The van der Waals surface area contributed by atoms with E-state index in [1.54, 1.807) is 36.3 Å². The molecule has 0 aliphatic carbocycles. The highest BCUT2D eigenvalue weighted by Gasteiger charge is 2.32. The first-order chi connectivity index (χ1) is 16.5. The van der Waals surface area contributed by atoms with Crippen LogP contribution in [0.1, 0.15) is 30.6 Å². The lowest BCUT2D eigenvalue weighted by atomic mass is 10.1. The zero-order chi connectivity index (χ0) is 24.1. The van der Waals surface area contributed by atoms with Crippen molar-refractivity contribution < 1.29 is 14.3 Å². The van der Waals surface area contributed by atoms with Crippen LogP contribution in [0, 0.1) is 0 Å². The van der Waals surface area contributed by atoms with Gasteiger partial charge in [0.25, 0.3) is 5.91 Å². The molecule has 7 heteroatoms. The van der Waals surface area contributed by atoms with Crippen molar-refractivity contribution in [1.82, 2.24) is 14.7 Å². The molecule has 7 nitrogen and oxygen atoms in total. The molecule has 0 radical (unpaired) electrons. The fourth-order valence-corrected chi connectivity index (χ4v) is 4.88. The number of methoxy groups -OCH3 is 1. The van der Waals surface area contributed by atoms with E-state index in [-0.39, 0.29) is 18.4 Å². The van der Waals surface area contributed by atoms with E-state index in [1.807, 2.05) is 35.2 Å². The van der Waals surface area contributed by atoms with Crippen LogP contribution in [0.25, 0.3) is 0 Å². The molecule has 34 heavy (non-hydrogen) atoms. The number of anilines is 1. The Morgan fingerprint density at radius 2 is 1.65 bits per heavy atom. The largest absolute Gasteiger partial charge is 0.497 e. The summed E-state index contributed by atoms with van der Waals surface area (Å²) in [7, 11) is 1.60. The number of ether oxygens (including phenoxy) is 1. The Labute approximate surface area is 202 Å². The molecule has 2 aliphatic heterocycles. The van der Waals surface area contributed by atoms with Gasteiger partial charge >= 0.3 is 0 Å². The zero-order valence-electron chi connectivity index (χ0n) is 20.5. The van der Waals surface area contributed by atoms with E-state index in [9.17, 15) is 9.59 Å². The number of hydrogen-bond donors (Lipinski definition) is 0. The number of benzene rings is 2. The van der Waals surface area contributed by atoms with E-state index in [0.29, 0.717) is 36.5 Å². The van der Waals surface area contributed by atoms with E-state index < -0.39 is 0 Å². The standard InChI is InChI=1S/C27H36N4O3/c1-21(2)30-14-13-24(19-30)28-15-17-29(18-16-28)26(32)20-31(23-7-5-4-6-8-23)27(33)22-9-11-25(34-3)12-10-22/h4-12,21,24H,13-20H2,1-3H3. The summed E-state index contributed by atoms with van der Waals surface area (Å²) in [5.74, 6) is 0.483. The Morgan fingerprint density at radius 3 is 2.24 bits per heavy atom. The maximum absolute atomic E-state index is 13.4. The minimum atomic E-state index is -0.194. The molecule has 0 aromatic heterocycles. The fourth-order valence-electron chi connectivity index (χ4n) is 4.88. The van der Waals surface area contributed by atoms with E-state index in [2.05, 4.69) is 23.6 Å². The van der Waals surface area contributed by atoms with Crippen molar-refractivity contribution in [2.45, 2.75) is 32.4 Å². The summed E-state index contributed by atoms with van der Waals surface area (Å²) in [6.45, 7) is 9.99. The molecule has 1 atom stereocenters. The highest BCUT2D eigenvalue weighted by Crippen LogP contribution is 2.21. The molecule has 2 amide bonds. The van der Waals surface area contributed by atoms with Gasteiger partial charge in [0, 0.05) is 62.6 Å². The van der Waals surface area contributed by atoms with Crippen LogP contribution in [-0.4, -0.2) is 91.5 Å².